The highest BCUT2D eigenvalue weighted by Gasteiger charge is 2.16. The Hall–Kier alpha value is -0.770. The van der Waals surface area contributed by atoms with Gasteiger partial charge in [-0.15, -0.1) is 24.0 Å². The van der Waals surface area contributed by atoms with Crippen molar-refractivity contribution in [1.82, 2.24) is 20.9 Å². The van der Waals surface area contributed by atoms with Gasteiger partial charge in [-0.2, -0.15) is 0 Å². The van der Waals surface area contributed by atoms with Crippen molar-refractivity contribution in [2.45, 2.75) is 53.1 Å². The van der Waals surface area contributed by atoms with E-state index in [-0.39, 0.29) is 24.0 Å². The van der Waals surface area contributed by atoms with Crippen molar-refractivity contribution >= 4 is 36.0 Å². The molecule has 8 heteroatoms. The maximum Gasteiger partial charge on any atom is 0.407 e. The highest BCUT2D eigenvalue weighted by Crippen LogP contribution is 2.10. The molecule has 26 heavy (non-hydrogen) atoms. The average molecular weight is 483 g/mol. The van der Waals surface area contributed by atoms with E-state index in [0.717, 1.165) is 25.6 Å². The van der Waals surface area contributed by atoms with Crippen LogP contribution in [0.2, 0.25) is 0 Å². The van der Waals surface area contributed by atoms with E-state index in [4.69, 9.17) is 4.74 Å². The Kier molecular flexibility index (Phi) is 13.0. The largest absolute Gasteiger partial charge is 0.444 e. The van der Waals surface area contributed by atoms with Crippen LogP contribution in [0, 0.1) is 5.92 Å². The lowest BCUT2D eigenvalue weighted by Crippen LogP contribution is -2.42. The SMILES string of the molecule is CCNC(=NCC(C)CN1CCCC1)NCCNC(=O)OC(C)(C)C.I. The molecule has 0 bridgehead atoms. The molecule has 0 aromatic rings. The normalized spacial score (nSPS) is 16.6. The molecule has 3 N–H and O–H groups in total. The predicted molar refractivity (Wildman–Crippen MR) is 118 cm³/mol. The summed E-state index contributed by atoms with van der Waals surface area (Å²) in [6.45, 7) is 16.1. The number of alkyl carbamates (subject to hydrolysis) is 1. The molecule has 7 nitrogen and oxygen atoms in total. The molecule has 1 unspecified atom stereocenters. The average Bonchev–Trinajstić information content (AvgIpc) is 3.00. The molecule has 1 saturated heterocycles. The summed E-state index contributed by atoms with van der Waals surface area (Å²) in [5, 5.41) is 9.22. The molecular formula is C18H38IN5O2. The van der Waals surface area contributed by atoms with E-state index >= 15 is 0 Å². The number of nitrogens with zero attached hydrogens (tertiary/aromatic N) is 2. The fourth-order valence-corrected chi connectivity index (χ4v) is 2.71. The van der Waals surface area contributed by atoms with Crippen LogP contribution in [0.25, 0.3) is 0 Å². The van der Waals surface area contributed by atoms with Gasteiger partial charge in [-0.1, -0.05) is 6.92 Å². The number of hydrogen-bond donors (Lipinski definition) is 3. The van der Waals surface area contributed by atoms with Gasteiger partial charge in [0.05, 0.1) is 0 Å². The lowest BCUT2D eigenvalue weighted by atomic mass is 10.2. The van der Waals surface area contributed by atoms with Crippen molar-refractivity contribution in [3.8, 4) is 0 Å². The third-order valence-corrected chi connectivity index (χ3v) is 3.76. The number of nitrogens with one attached hydrogen (secondary N) is 3. The van der Waals surface area contributed by atoms with Crippen LogP contribution >= 0.6 is 24.0 Å². The van der Waals surface area contributed by atoms with Crippen LogP contribution < -0.4 is 16.0 Å². The summed E-state index contributed by atoms with van der Waals surface area (Å²) < 4.78 is 5.21. The van der Waals surface area contributed by atoms with Crippen LogP contribution in [-0.2, 0) is 4.74 Å². The summed E-state index contributed by atoms with van der Waals surface area (Å²) >= 11 is 0. The topological polar surface area (TPSA) is 78.0 Å². The van der Waals surface area contributed by atoms with Gasteiger partial charge in [0, 0.05) is 32.7 Å². The van der Waals surface area contributed by atoms with Crippen LogP contribution in [-0.4, -0.2) is 68.4 Å². The summed E-state index contributed by atoms with van der Waals surface area (Å²) in [5.41, 5.74) is -0.473. The summed E-state index contributed by atoms with van der Waals surface area (Å²) in [5.74, 6) is 1.33. The molecule has 0 aliphatic carbocycles. The van der Waals surface area contributed by atoms with Crippen molar-refractivity contribution in [2.75, 3.05) is 45.8 Å². The number of guanidine groups is 1. The predicted octanol–water partition coefficient (Wildman–Crippen LogP) is 2.42. The van der Waals surface area contributed by atoms with E-state index in [0.29, 0.717) is 19.0 Å². The number of amides is 1. The zero-order chi connectivity index (χ0) is 18.7. The van der Waals surface area contributed by atoms with Crippen LogP contribution in [0.4, 0.5) is 4.79 Å². The van der Waals surface area contributed by atoms with Crippen LogP contribution in [0.3, 0.4) is 0 Å². The lowest BCUT2D eigenvalue weighted by molar-refractivity contribution is 0.0529. The molecule has 1 heterocycles. The van der Waals surface area contributed by atoms with Gasteiger partial charge in [-0.05, 0) is 59.5 Å². The van der Waals surface area contributed by atoms with Gasteiger partial charge in [0.25, 0.3) is 0 Å². The molecule has 0 aromatic heterocycles. The molecule has 1 fully saturated rings. The minimum Gasteiger partial charge on any atom is -0.444 e. The van der Waals surface area contributed by atoms with Crippen molar-refractivity contribution in [3.05, 3.63) is 0 Å². The fourth-order valence-electron chi connectivity index (χ4n) is 2.71. The molecule has 1 rings (SSSR count). The van der Waals surface area contributed by atoms with E-state index in [1.165, 1.54) is 25.9 Å². The maximum atomic E-state index is 11.6. The van der Waals surface area contributed by atoms with Crippen LogP contribution in [0.5, 0.6) is 0 Å². The van der Waals surface area contributed by atoms with Crippen LogP contribution in [0.15, 0.2) is 4.99 Å². The van der Waals surface area contributed by atoms with Gasteiger partial charge >= 0.3 is 6.09 Å². The number of hydrogen-bond acceptors (Lipinski definition) is 4. The quantitative estimate of drug-likeness (QED) is 0.214. The first-order valence-corrected chi connectivity index (χ1v) is 9.51. The summed E-state index contributed by atoms with van der Waals surface area (Å²) in [6, 6.07) is 0. The number of aliphatic imine (C=N–C) groups is 1. The number of likely N-dealkylation sites (tertiary alicyclic amines) is 1. The molecule has 0 saturated carbocycles. The Bertz CT molecular complexity index is 420. The van der Waals surface area contributed by atoms with Gasteiger partial charge < -0.3 is 25.6 Å². The van der Waals surface area contributed by atoms with Crippen molar-refractivity contribution < 1.29 is 9.53 Å². The van der Waals surface area contributed by atoms with Gasteiger partial charge in [0.1, 0.15) is 5.60 Å². The number of carbonyl (C=O) groups excluding carboxylic acids is 1. The highest BCUT2D eigenvalue weighted by atomic mass is 127. The van der Waals surface area contributed by atoms with E-state index in [1.807, 2.05) is 27.7 Å². The van der Waals surface area contributed by atoms with Crippen molar-refractivity contribution in [2.24, 2.45) is 10.9 Å². The number of ether oxygens (including phenoxy) is 1. The zero-order valence-electron chi connectivity index (χ0n) is 17.1. The molecule has 0 aromatic carbocycles. The maximum absolute atomic E-state index is 11.6. The third-order valence-electron chi connectivity index (χ3n) is 3.76. The lowest BCUT2D eigenvalue weighted by Gasteiger charge is -2.20. The van der Waals surface area contributed by atoms with Gasteiger partial charge in [0.15, 0.2) is 5.96 Å². The van der Waals surface area contributed by atoms with Gasteiger partial charge in [-0.25, -0.2) is 4.79 Å². The van der Waals surface area contributed by atoms with E-state index in [1.54, 1.807) is 0 Å². The summed E-state index contributed by atoms with van der Waals surface area (Å²) in [4.78, 5) is 18.8. The molecule has 154 valence electrons. The minimum atomic E-state index is -0.473. The zero-order valence-corrected chi connectivity index (χ0v) is 19.4. The van der Waals surface area contributed by atoms with Crippen LogP contribution in [0.1, 0.15) is 47.5 Å². The Morgan fingerprint density at radius 2 is 1.77 bits per heavy atom. The molecule has 1 atom stereocenters. The third kappa shape index (κ3) is 12.6. The second-order valence-corrected chi connectivity index (χ2v) is 7.69. The fraction of sp³-hybridized carbons (Fsp3) is 0.889. The Balaban J connectivity index is 0.00000625. The first-order chi connectivity index (χ1) is 11.8. The second kappa shape index (κ2) is 13.4. The number of halogens is 1. The molecule has 1 aliphatic rings. The van der Waals surface area contributed by atoms with Crippen molar-refractivity contribution in [3.63, 3.8) is 0 Å². The molecule has 0 radical (unpaired) electrons. The van der Waals surface area contributed by atoms with E-state index < -0.39 is 11.7 Å². The smallest absolute Gasteiger partial charge is 0.407 e. The Morgan fingerprint density at radius 1 is 1.15 bits per heavy atom. The monoisotopic (exact) mass is 483 g/mol. The van der Waals surface area contributed by atoms with Gasteiger partial charge in [-0.3, -0.25) is 4.99 Å². The molecule has 0 spiro atoms. The number of rotatable bonds is 8. The summed E-state index contributed by atoms with van der Waals surface area (Å²) in [6.07, 6.45) is 2.26. The minimum absolute atomic E-state index is 0. The number of carbonyl (C=O) groups is 1. The molecule has 1 aliphatic heterocycles. The van der Waals surface area contributed by atoms with Crippen molar-refractivity contribution in [1.29, 1.82) is 0 Å². The van der Waals surface area contributed by atoms with E-state index in [2.05, 4.69) is 32.8 Å². The molecule has 1 amide bonds. The molecular weight excluding hydrogens is 445 g/mol. The Labute approximate surface area is 176 Å². The Morgan fingerprint density at radius 3 is 2.35 bits per heavy atom. The first kappa shape index (κ1) is 25.2. The van der Waals surface area contributed by atoms with Gasteiger partial charge in [0.2, 0.25) is 0 Å². The standard InChI is InChI=1S/C18H37N5O2.HI/c1-6-19-16(20-9-10-21-17(24)25-18(3,4)5)22-13-15(2)14-23-11-7-8-12-23;/h15H,6-14H2,1-5H3,(H,21,24)(H2,19,20,22);1H. The second-order valence-electron chi connectivity index (χ2n) is 7.69. The highest BCUT2D eigenvalue weighted by molar-refractivity contribution is 14.0. The summed E-state index contributed by atoms with van der Waals surface area (Å²) in [7, 11) is 0. The first-order valence-electron chi connectivity index (χ1n) is 9.51. The van der Waals surface area contributed by atoms with E-state index in [9.17, 15) is 4.79 Å².